The van der Waals surface area contributed by atoms with Crippen LogP contribution in [0.5, 0.6) is 0 Å². The zero-order chi connectivity index (χ0) is 17.6. The first-order chi connectivity index (χ1) is 12.1. The number of ether oxygens (including phenoxy) is 1. The van der Waals surface area contributed by atoms with Crippen LogP contribution in [0.3, 0.4) is 0 Å². The maximum atomic E-state index is 13.7. The van der Waals surface area contributed by atoms with Crippen molar-refractivity contribution in [2.24, 2.45) is 0 Å². The highest BCUT2D eigenvalue weighted by Gasteiger charge is 2.24. The van der Waals surface area contributed by atoms with Gasteiger partial charge in [0.2, 0.25) is 0 Å². The molecule has 3 rings (SSSR count). The summed E-state index contributed by atoms with van der Waals surface area (Å²) in [5.41, 5.74) is 7.59. The highest BCUT2D eigenvalue weighted by Crippen LogP contribution is 2.22. The second-order valence-corrected chi connectivity index (χ2v) is 6.02. The third-order valence-electron chi connectivity index (χ3n) is 4.38. The van der Waals surface area contributed by atoms with Gasteiger partial charge in [-0.1, -0.05) is 24.3 Å². The van der Waals surface area contributed by atoms with Gasteiger partial charge in [-0.3, -0.25) is 9.69 Å². The largest absolute Gasteiger partial charge is 0.398 e. The van der Waals surface area contributed by atoms with Crippen LogP contribution in [0.4, 0.5) is 10.1 Å². The highest BCUT2D eigenvalue weighted by atomic mass is 35.5. The number of hydrogen-bond acceptors (Lipinski definition) is 4. The Kier molecular flexibility index (Phi) is 9.52. The Hall–Kier alpha value is -1.86. The third-order valence-corrected chi connectivity index (χ3v) is 4.38. The first kappa shape index (κ1) is 23.2. The number of rotatable bonds is 5. The predicted molar refractivity (Wildman–Crippen MR) is 109 cm³/mol. The lowest BCUT2D eigenvalue weighted by Gasteiger charge is -2.35. The maximum Gasteiger partial charge on any atom is 0.253 e. The number of carbonyl (C=O) groups is 1. The molecule has 0 bridgehead atoms. The Bertz CT molecular complexity index is 742. The molecule has 0 aliphatic carbocycles. The fourth-order valence-corrected chi connectivity index (χ4v) is 3.05. The number of hydrogen-bond donors (Lipinski definition) is 2. The summed E-state index contributed by atoms with van der Waals surface area (Å²) in [6, 6.07) is 13.3. The van der Waals surface area contributed by atoms with Gasteiger partial charge in [0, 0.05) is 25.3 Å². The molecule has 1 aliphatic heterocycles. The first-order valence-electron chi connectivity index (χ1n) is 8.35. The number of nitrogens with one attached hydrogen (secondary N) is 1. The van der Waals surface area contributed by atoms with E-state index >= 15 is 0 Å². The van der Waals surface area contributed by atoms with Crippen LogP contribution in [0.1, 0.15) is 22.0 Å². The molecular weight excluding hydrogens is 392 g/mol. The van der Waals surface area contributed by atoms with Crippen molar-refractivity contribution in [3.05, 3.63) is 65.5 Å². The summed E-state index contributed by atoms with van der Waals surface area (Å²) in [5.74, 6) is -0.512. The van der Waals surface area contributed by atoms with Crippen LogP contribution in [-0.4, -0.2) is 43.7 Å². The van der Waals surface area contributed by atoms with Gasteiger partial charge in [-0.2, -0.15) is 0 Å². The molecule has 27 heavy (non-hydrogen) atoms. The molecule has 1 amide bonds. The molecule has 8 heteroatoms. The number of nitrogen functional groups attached to an aromatic ring is 1. The van der Waals surface area contributed by atoms with Crippen molar-refractivity contribution in [2.75, 3.05) is 38.6 Å². The lowest BCUT2D eigenvalue weighted by Crippen LogP contribution is -2.43. The zero-order valence-electron chi connectivity index (χ0n) is 14.8. The molecule has 1 atom stereocenters. The van der Waals surface area contributed by atoms with Crippen molar-refractivity contribution in [1.82, 2.24) is 10.2 Å². The first-order valence-corrected chi connectivity index (χ1v) is 8.35. The Morgan fingerprint density at radius 1 is 1.15 bits per heavy atom. The van der Waals surface area contributed by atoms with Crippen molar-refractivity contribution >= 4 is 36.4 Å². The van der Waals surface area contributed by atoms with E-state index in [1.807, 2.05) is 6.07 Å². The molecule has 1 fully saturated rings. The Morgan fingerprint density at radius 2 is 1.85 bits per heavy atom. The summed E-state index contributed by atoms with van der Waals surface area (Å²) < 4.78 is 19.1. The molecule has 2 aromatic carbocycles. The lowest BCUT2D eigenvalue weighted by atomic mass is 10.0. The van der Waals surface area contributed by atoms with Crippen LogP contribution < -0.4 is 11.1 Å². The topological polar surface area (TPSA) is 67.6 Å². The second-order valence-electron chi connectivity index (χ2n) is 6.02. The fourth-order valence-electron chi connectivity index (χ4n) is 3.05. The molecule has 0 radical (unpaired) electrons. The van der Waals surface area contributed by atoms with Gasteiger partial charge < -0.3 is 15.8 Å². The number of nitrogens with zero attached hydrogens (tertiary/aromatic N) is 1. The smallest absolute Gasteiger partial charge is 0.253 e. The van der Waals surface area contributed by atoms with Crippen LogP contribution in [0.2, 0.25) is 0 Å². The number of benzene rings is 2. The van der Waals surface area contributed by atoms with Crippen molar-refractivity contribution in [3.8, 4) is 0 Å². The molecule has 2 aromatic rings. The molecule has 1 saturated heterocycles. The Morgan fingerprint density at radius 3 is 2.52 bits per heavy atom. The van der Waals surface area contributed by atoms with Gasteiger partial charge in [-0.25, -0.2) is 4.39 Å². The number of morpholine rings is 1. The van der Waals surface area contributed by atoms with Gasteiger partial charge >= 0.3 is 0 Å². The molecule has 0 aromatic heterocycles. The van der Waals surface area contributed by atoms with Gasteiger partial charge in [0.25, 0.3) is 5.91 Å². The average Bonchev–Trinajstić information content (AvgIpc) is 2.63. The van der Waals surface area contributed by atoms with Crippen molar-refractivity contribution < 1.29 is 13.9 Å². The van der Waals surface area contributed by atoms with Crippen LogP contribution in [0.25, 0.3) is 0 Å². The highest BCUT2D eigenvalue weighted by molar-refractivity contribution is 5.99. The van der Waals surface area contributed by atoms with Crippen molar-refractivity contribution in [3.63, 3.8) is 0 Å². The molecule has 5 nitrogen and oxygen atoms in total. The van der Waals surface area contributed by atoms with E-state index in [-0.39, 0.29) is 42.6 Å². The predicted octanol–water partition coefficient (Wildman–Crippen LogP) is 3.05. The standard InChI is InChI=1S/C19H22FN3O2.2ClH/c20-15-5-3-4-14(12-15)18(23-8-10-25-11-9-23)13-22-19(24)16-6-1-2-7-17(16)21;;/h1-7,12,18H,8-11,13,21H2,(H,22,24);2*1H. The van der Waals surface area contributed by atoms with Gasteiger partial charge in [0.15, 0.2) is 0 Å². The minimum atomic E-state index is -0.283. The summed E-state index contributed by atoms with van der Waals surface area (Å²) in [7, 11) is 0. The quantitative estimate of drug-likeness (QED) is 0.736. The van der Waals surface area contributed by atoms with Crippen LogP contribution >= 0.6 is 24.8 Å². The summed E-state index contributed by atoms with van der Waals surface area (Å²) >= 11 is 0. The molecule has 3 N–H and O–H groups in total. The van der Waals surface area contributed by atoms with E-state index in [1.54, 1.807) is 30.3 Å². The van der Waals surface area contributed by atoms with Crippen molar-refractivity contribution in [2.45, 2.75) is 6.04 Å². The van der Waals surface area contributed by atoms with E-state index in [9.17, 15) is 9.18 Å². The molecule has 1 heterocycles. The molecule has 148 valence electrons. The second kappa shape index (κ2) is 11.1. The Balaban J connectivity index is 0.00000182. The number of para-hydroxylation sites is 1. The van der Waals surface area contributed by atoms with Gasteiger partial charge in [-0.05, 0) is 29.8 Å². The van der Waals surface area contributed by atoms with Crippen LogP contribution in [0, 0.1) is 5.82 Å². The molecule has 0 spiro atoms. The monoisotopic (exact) mass is 415 g/mol. The van der Waals surface area contributed by atoms with Gasteiger partial charge in [0.1, 0.15) is 5.82 Å². The zero-order valence-corrected chi connectivity index (χ0v) is 16.4. The minimum absolute atomic E-state index is 0. The van der Waals surface area contributed by atoms with E-state index in [0.29, 0.717) is 31.0 Å². The fraction of sp³-hybridized carbons (Fsp3) is 0.316. The van der Waals surface area contributed by atoms with Crippen molar-refractivity contribution in [1.29, 1.82) is 0 Å². The maximum absolute atomic E-state index is 13.7. The normalized spacial score (nSPS) is 15.1. The number of nitrogens with two attached hydrogens (primary N) is 1. The van der Waals surface area contributed by atoms with Crippen LogP contribution in [-0.2, 0) is 4.74 Å². The number of halogens is 3. The minimum Gasteiger partial charge on any atom is -0.398 e. The molecule has 1 aliphatic rings. The average molecular weight is 416 g/mol. The summed E-state index contributed by atoms with van der Waals surface area (Å²) in [6.45, 7) is 3.11. The number of anilines is 1. The van der Waals surface area contributed by atoms with E-state index in [1.165, 1.54) is 12.1 Å². The van der Waals surface area contributed by atoms with E-state index in [2.05, 4.69) is 10.2 Å². The van der Waals surface area contributed by atoms with Gasteiger partial charge in [0.05, 0.1) is 24.8 Å². The summed E-state index contributed by atoms with van der Waals surface area (Å²) in [5, 5.41) is 2.93. The van der Waals surface area contributed by atoms with E-state index in [4.69, 9.17) is 10.5 Å². The van der Waals surface area contributed by atoms with Crippen LogP contribution in [0.15, 0.2) is 48.5 Å². The summed E-state index contributed by atoms with van der Waals surface area (Å²) in [6.07, 6.45) is 0. The van der Waals surface area contributed by atoms with E-state index < -0.39 is 0 Å². The number of amides is 1. The SMILES string of the molecule is Cl.Cl.Nc1ccccc1C(=O)NCC(c1cccc(F)c1)N1CCOCC1. The summed E-state index contributed by atoms with van der Waals surface area (Å²) in [4.78, 5) is 14.6. The Labute approximate surface area is 170 Å². The molecule has 0 saturated carbocycles. The molecular formula is C19H24Cl2FN3O2. The lowest BCUT2D eigenvalue weighted by molar-refractivity contribution is 0.0162. The third kappa shape index (κ3) is 6.07. The van der Waals surface area contributed by atoms with Gasteiger partial charge in [-0.15, -0.1) is 24.8 Å². The molecule has 1 unspecified atom stereocenters. The number of carbonyl (C=O) groups excluding carboxylic acids is 1. The van der Waals surface area contributed by atoms with E-state index in [0.717, 1.165) is 18.7 Å².